The molecule has 110 valence electrons. The van der Waals surface area contributed by atoms with Crippen molar-refractivity contribution in [1.29, 1.82) is 0 Å². The van der Waals surface area contributed by atoms with Crippen LogP contribution in [0.2, 0.25) is 0 Å². The molecule has 0 saturated carbocycles. The van der Waals surface area contributed by atoms with Crippen LogP contribution in [0.4, 0.5) is 5.69 Å². The Morgan fingerprint density at radius 1 is 1.50 bits per heavy atom. The largest absolute Gasteiger partial charge is 0.481 e. The van der Waals surface area contributed by atoms with E-state index >= 15 is 0 Å². The van der Waals surface area contributed by atoms with E-state index in [-0.39, 0.29) is 6.42 Å². The molecule has 1 unspecified atom stereocenters. The number of nitrogens with one attached hydrogen (secondary N) is 2. The van der Waals surface area contributed by atoms with Gasteiger partial charge in [0, 0.05) is 24.7 Å². The molecule has 4 nitrogen and oxygen atoms in total. The molecule has 0 spiro atoms. The van der Waals surface area contributed by atoms with Crippen LogP contribution in [-0.4, -0.2) is 30.2 Å². The van der Waals surface area contributed by atoms with Crippen LogP contribution >= 0.6 is 0 Å². The number of carboxylic acids is 1. The summed E-state index contributed by atoms with van der Waals surface area (Å²) in [6.45, 7) is 3.99. The number of aryl methyl sites for hydroxylation is 1. The molecule has 3 N–H and O–H groups in total. The summed E-state index contributed by atoms with van der Waals surface area (Å²) in [5, 5.41) is 15.4. The van der Waals surface area contributed by atoms with Gasteiger partial charge in [0.05, 0.1) is 0 Å². The second-order valence-electron chi connectivity index (χ2n) is 5.58. The van der Waals surface area contributed by atoms with E-state index in [9.17, 15) is 4.79 Å². The monoisotopic (exact) mass is 276 g/mol. The molecule has 4 heteroatoms. The molecule has 2 rings (SSSR count). The second kappa shape index (κ2) is 7.29. The fraction of sp³-hybridized carbons (Fsp3) is 0.562. The van der Waals surface area contributed by atoms with Gasteiger partial charge in [-0.2, -0.15) is 0 Å². The smallest absolute Gasteiger partial charge is 0.303 e. The molecule has 0 aliphatic carbocycles. The summed E-state index contributed by atoms with van der Waals surface area (Å²) in [5.41, 5.74) is 4.06. The van der Waals surface area contributed by atoms with E-state index in [1.807, 2.05) is 0 Å². The Balaban J connectivity index is 1.79. The van der Waals surface area contributed by atoms with Gasteiger partial charge >= 0.3 is 5.97 Å². The van der Waals surface area contributed by atoms with Crippen LogP contribution in [0.3, 0.4) is 0 Å². The van der Waals surface area contributed by atoms with Crippen molar-refractivity contribution in [3.8, 4) is 0 Å². The summed E-state index contributed by atoms with van der Waals surface area (Å²) in [6.07, 6.45) is 4.29. The van der Waals surface area contributed by atoms with E-state index in [1.54, 1.807) is 0 Å². The maximum Gasteiger partial charge on any atom is 0.303 e. The molecule has 1 aromatic rings. The Labute approximate surface area is 120 Å². The number of carboxylic acid groups (broad SMARTS) is 1. The number of hydrogen-bond acceptors (Lipinski definition) is 3. The first-order valence-corrected chi connectivity index (χ1v) is 7.46. The van der Waals surface area contributed by atoms with Crippen molar-refractivity contribution < 1.29 is 9.90 Å². The number of benzene rings is 1. The summed E-state index contributed by atoms with van der Waals surface area (Å²) >= 11 is 0. The molecule has 0 fully saturated rings. The molecule has 1 heterocycles. The van der Waals surface area contributed by atoms with Crippen molar-refractivity contribution in [1.82, 2.24) is 5.32 Å². The van der Waals surface area contributed by atoms with Gasteiger partial charge < -0.3 is 15.7 Å². The zero-order valence-corrected chi connectivity index (χ0v) is 12.1. The van der Waals surface area contributed by atoms with Gasteiger partial charge in [0.2, 0.25) is 0 Å². The minimum Gasteiger partial charge on any atom is -0.481 e. The van der Waals surface area contributed by atoms with Crippen molar-refractivity contribution in [2.75, 3.05) is 18.4 Å². The number of carbonyl (C=O) groups is 1. The highest BCUT2D eigenvalue weighted by Crippen LogP contribution is 2.23. The Morgan fingerprint density at radius 3 is 3.15 bits per heavy atom. The SMILES string of the molecule is CC(Cc1ccc2c(c1)CCCN2)NCCCC(=O)O. The van der Waals surface area contributed by atoms with Crippen molar-refractivity contribution >= 4 is 11.7 Å². The lowest BCUT2D eigenvalue weighted by Gasteiger charge is -2.20. The van der Waals surface area contributed by atoms with Crippen LogP contribution in [-0.2, 0) is 17.6 Å². The molecule has 1 atom stereocenters. The maximum atomic E-state index is 10.4. The Bertz CT molecular complexity index is 460. The fourth-order valence-electron chi connectivity index (χ4n) is 2.67. The van der Waals surface area contributed by atoms with E-state index in [4.69, 9.17) is 5.11 Å². The minimum atomic E-state index is -0.721. The van der Waals surface area contributed by atoms with Crippen LogP contribution in [0.5, 0.6) is 0 Å². The predicted molar refractivity (Wildman–Crippen MR) is 81.3 cm³/mol. The summed E-state index contributed by atoms with van der Waals surface area (Å²) in [6, 6.07) is 7.04. The van der Waals surface area contributed by atoms with Crippen molar-refractivity contribution in [2.24, 2.45) is 0 Å². The van der Waals surface area contributed by atoms with Crippen molar-refractivity contribution in [3.05, 3.63) is 29.3 Å². The van der Waals surface area contributed by atoms with Crippen molar-refractivity contribution in [2.45, 2.75) is 45.1 Å². The maximum absolute atomic E-state index is 10.4. The van der Waals surface area contributed by atoms with E-state index in [0.717, 1.165) is 25.9 Å². The Hall–Kier alpha value is -1.55. The summed E-state index contributed by atoms with van der Waals surface area (Å²) < 4.78 is 0. The summed E-state index contributed by atoms with van der Waals surface area (Å²) in [5.74, 6) is -0.721. The average molecular weight is 276 g/mol. The lowest BCUT2D eigenvalue weighted by Crippen LogP contribution is -2.29. The van der Waals surface area contributed by atoms with Gasteiger partial charge in [-0.1, -0.05) is 12.1 Å². The third-order valence-corrected chi connectivity index (χ3v) is 3.71. The number of hydrogen-bond donors (Lipinski definition) is 3. The highest BCUT2D eigenvalue weighted by Gasteiger charge is 2.10. The molecule has 0 bridgehead atoms. The summed E-state index contributed by atoms with van der Waals surface area (Å²) in [4.78, 5) is 10.4. The second-order valence-corrected chi connectivity index (χ2v) is 5.58. The molecule has 1 aliphatic rings. The lowest BCUT2D eigenvalue weighted by atomic mass is 9.98. The first-order valence-electron chi connectivity index (χ1n) is 7.46. The van der Waals surface area contributed by atoms with Crippen LogP contribution < -0.4 is 10.6 Å². The lowest BCUT2D eigenvalue weighted by molar-refractivity contribution is -0.137. The highest BCUT2D eigenvalue weighted by molar-refractivity contribution is 5.66. The molecule has 1 aromatic carbocycles. The summed E-state index contributed by atoms with van der Waals surface area (Å²) in [7, 11) is 0. The highest BCUT2D eigenvalue weighted by atomic mass is 16.4. The van der Waals surface area contributed by atoms with Gasteiger partial charge in [-0.15, -0.1) is 0 Å². The topological polar surface area (TPSA) is 61.4 Å². The number of fused-ring (bicyclic) bond motifs is 1. The Morgan fingerprint density at radius 2 is 2.35 bits per heavy atom. The predicted octanol–water partition coefficient (Wildman–Crippen LogP) is 2.43. The van der Waals surface area contributed by atoms with Crippen LogP contribution in [0.1, 0.15) is 37.3 Å². The van der Waals surface area contributed by atoms with Crippen molar-refractivity contribution in [3.63, 3.8) is 0 Å². The molecule has 20 heavy (non-hydrogen) atoms. The fourth-order valence-corrected chi connectivity index (χ4v) is 2.67. The van der Waals surface area contributed by atoms with E-state index in [0.29, 0.717) is 12.5 Å². The zero-order valence-electron chi connectivity index (χ0n) is 12.1. The van der Waals surface area contributed by atoms with Gasteiger partial charge in [0.25, 0.3) is 0 Å². The normalized spacial score (nSPS) is 15.2. The van der Waals surface area contributed by atoms with E-state index in [1.165, 1.54) is 23.2 Å². The average Bonchev–Trinajstić information content (AvgIpc) is 2.43. The molecule has 0 amide bonds. The molecular weight excluding hydrogens is 252 g/mol. The van der Waals surface area contributed by atoms with Gasteiger partial charge in [0.15, 0.2) is 0 Å². The van der Waals surface area contributed by atoms with E-state index < -0.39 is 5.97 Å². The van der Waals surface area contributed by atoms with Crippen LogP contribution in [0.25, 0.3) is 0 Å². The molecule has 0 saturated heterocycles. The van der Waals surface area contributed by atoms with Gasteiger partial charge in [-0.3, -0.25) is 4.79 Å². The quantitative estimate of drug-likeness (QED) is 0.669. The standard InChI is InChI=1S/C16H24N2O2/c1-12(17-8-3-5-16(19)20)10-13-6-7-15-14(11-13)4-2-9-18-15/h6-7,11-12,17-18H,2-5,8-10H2,1H3,(H,19,20). The van der Waals surface area contributed by atoms with Gasteiger partial charge in [-0.05, 0) is 56.3 Å². The number of aliphatic carboxylic acids is 1. The third kappa shape index (κ3) is 4.53. The Kier molecular flexibility index (Phi) is 5.41. The van der Waals surface area contributed by atoms with Gasteiger partial charge in [-0.25, -0.2) is 0 Å². The zero-order chi connectivity index (χ0) is 14.4. The van der Waals surface area contributed by atoms with Crippen LogP contribution in [0, 0.1) is 0 Å². The first-order chi connectivity index (χ1) is 9.65. The number of rotatable bonds is 7. The molecule has 1 aliphatic heterocycles. The van der Waals surface area contributed by atoms with Gasteiger partial charge in [0.1, 0.15) is 0 Å². The van der Waals surface area contributed by atoms with E-state index in [2.05, 4.69) is 35.8 Å². The molecule has 0 radical (unpaired) electrons. The van der Waals surface area contributed by atoms with Crippen LogP contribution in [0.15, 0.2) is 18.2 Å². The molecule has 0 aromatic heterocycles. The third-order valence-electron chi connectivity index (χ3n) is 3.71. The molecular formula is C16H24N2O2. The first kappa shape index (κ1) is 14.9. The number of anilines is 1. The minimum absolute atomic E-state index is 0.240.